The van der Waals surface area contributed by atoms with E-state index in [1.807, 2.05) is 6.07 Å². The maximum absolute atomic E-state index is 5.10. The Morgan fingerprint density at radius 2 is 0.896 bits per heavy atom. The Morgan fingerprint density at radius 1 is 0.417 bits per heavy atom. The molecule has 0 unspecified atom stereocenters. The highest BCUT2D eigenvalue weighted by molar-refractivity contribution is 6.09. The molecular formula is C44H32N4. The summed E-state index contributed by atoms with van der Waals surface area (Å²) in [5.41, 5.74) is 12.3. The molecule has 2 aromatic heterocycles. The molecule has 0 aliphatic rings. The van der Waals surface area contributed by atoms with Crippen molar-refractivity contribution in [2.45, 2.75) is 6.92 Å². The van der Waals surface area contributed by atoms with Gasteiger partial charge in [0.15, 0.2) is 0 Å². The average molecular weight is 617 g/mol. The fraction of sp³-hybridized carbons (Fsp3) is 0.0227. The van der Waals surface area contributed by atoms with Gasteiger partial charge in [-0.25, -0.2) is 4.98 Å². The minimum absolute atomic E-state index is 0.924. The minimum Gasteiger partial charge on any atom is -0.311 e. The summed E-state index contributed by atoms with van der Waals surface area (Å²) in [7, 11) is 0. The molecule has 0 atom stereocenters. The third kappa shape index (κ3) is 4.66. The highest BCUT2D eigenvalue weighted by Gasteiger charge is 2.17. The predicted molar refractivity (Wildman–Crippen MR) is 200 cm³/mol. The zero-order chi connectivity index (χ0) is 32.0. The number of anilines is 3. The lowest BCUT2D eigenvalue weighted by atomic mass is 10.1. The molecule has 9 aromatic rings. The van der Waals surface area contributed by atoms with Gasteiger partial charge in [-0.05, 0) is 104 Å². The van der Waals surface area contributed by atoms with Crippen LogP contribution in [-0.2, 0) is 0 Å². The molecule has 9 rings (SSSR count). The number of nitrogens with zero attached hydrogens (tertiary/aromatic N) is 4. The lowest BCUT2D eigenvalue weighted by Crippen LogP contribution is -2.10. The predicted octanol–water partition coefficient (Wildman–Crippen LogP) is 11.6. The molecule has 0 saturated carbocycles. The molecule has 4 nitrogen and oxygen atoms in total. The number of rotatable bonds is 6. The van der Waals surface area contributed by atoms with E-state index >= 15 is 0 Å². The van der Waals surface area contributed by atoms with Crippen LogP contribution in [0.1, 0.15) is 5.56 Å². The van der Waals surface area contributed by atoms with E-state index in [0.717, 1.165) is 50.9 Å². The first-order valence-corrected chi connectivity index (χ1v) is 16.3. The van der Waals surface area contributed by atoms with Crippen LogP contribution in [0.4, 0.5) is 17.1 Å². The molecule has 0 amide bonds. The van der Waals surface area contributed by atoms with Crippen LogP contribution in [0.2, 0.25) is 0 Å². The Kier molecular flexibility index (Phi) is 6.65. The molecule has 0 spiro atoms. The van der Waals surface area contributed by atoms with Crippen molar-refractivity contribution in [3.63, 3.8) is 0 Å². The monoisotopic (exact) mass is 616 g/mol. The maximum atomic E-state index is 5.10. The summed E-state index contributed by atoms with van der Waals surface area (Å²) in [4.78, 5) is 7.40. The number of hydrogen-bond acceptors (Lipinski definition) is 2. The van der Waals surface area contributed by atoms with Crippen LogP contribution in [0.15, 0.2) is 176 Å². The Labute approximate surface area is 279 Å². The Bertz CT molecular complexity index is 2490. The van der Waals surface area contributed by atoms with Crippen molar-refractivity contribution >= 4 is 49.9 Å². The third-order valence-electron chi connectivity index (χ3n) is 9.20. The van der Waals surface area contributed by atoms with Gasteiger partial charge in [0.25, 0.3) is 0 Å². The van der Waals surface area contributed by atoms with Crippen LogP contribution in [0.3, 0.4) is 0 Å². The first-order valence-electron chi connectivity index (χ1n) is 16.3. The summed E-state index contributed by atoms with van der Waals surface area (Å²) in [6.45, 7) is 2.12. The Morgan fingerprint density at radius 3 is 1.54 bits per heavy atom. The van der Waals surface area contributed by atoms with Gasteiger partial charge in [-0.3, -0.25) is 4.57 Å². The Balaban J connectivity index is 1.13. The minimum atomic E-state index is 0.924. The first kappa shape index (κ1) is 27.9. The van der Waals surface area contributed by atoms with Gasteiger partial charge in [-0.1, -0.05) is 84.4 Å². The summed E-state index contributed by atoms with van der Waals surface area (Å²) in [6.07, 6.45) is 0. The number of benzene rings is 7. The SMILES string of the molecule is Cc1ccc(-n2c(-c3ccc(N(c4ccccc4)c4ccc(-n5c6ccccc6c6ccccc65)cc4)cc3)nc3ccccc32)cc1. The summed E-state index contributed by atoms with van der Waals surface area (Å²) >= 11 is 0. The number of para-hydroxylation sites is 5. The molecule has 0 radical (unpaired) electrons. The van der Waals surface area contributed by atoms with E-state index in [4.69, 9.17) is 4.98 Å². The molecule has 4 heteroatoms. The number of hydrogen-bond donors (Lipinski definition) is 0. The zero-order valence-corrected chi connectivity index (χ0v) is 26.5. The van der Waals surface area contributed by atoms with Crippen molar-refractivity contribution in [1.29, 1.82) is 0 Å². The van der Waals surface area contributed by atoms with E-state index < -0.39 is 0 Å². The van der Waals surface area contributed by atoms with Crippen LogP contribution in [-0.4, -0.2) is 14.1 Å². The lowest BCUT2D eigenvalue weighted by Gasteiger charge is -2.26. The van der Waals surface area contributed by atoms with Gasteiger partial charge in [0.1, 0.15) is 5.82 Å². The number of aryl methyl sites for hydroxylation is 1. The normalized spacial score (nSPS) is 11.4. The lowest BCUT2D eigenvalue weighted by molar-refractivity contribution is 1.10. The van der Waals surface area contributed by atoms with Crippen LogP contribution < -0.4 is 4.90 Å². The van der Waals surface area contributed by atoms with Crippen LogP contribution in [0.5, 0.6) is 0 Å². The number of aromatic nitrogens is 3. The number of fused-ring (bicyclic) bond motifs is 4. The maximum Gasteiger partial charge on any atom is 0.145 e. The molecule has 0 aliphatic carbocycles. The zero-order valence-electron chi connectivity index (χ0n) is 26.5. The molecule has 228 valence electrons. The molecule has 0 aliphatic heterocycles. The van der Waals surface area contributed by atoms with E-state index in [0.29, 0.717) is 0 Å². The topological polar surface area (TPSA) is 26.0 Å². The second-order valence-electron chi connectivity index (χ2n) is 12.2. The summed E-state index contributed by atoms with van der Waals surface area (Å²) in [5, 5.41) is 2.53. The summed E-state index contributed by atoms with van der Waals surface area (Å²) in [6, 6.07) is 62.5. The second-order valence-corrected chi connectivity index (χ2v) is 12.2. The van der Waals surface area contributed by atoms with Gasteiger partial charge in [-0.2, -0.15) is 0 Å². The first-order chi connectivity index (χ1) is 23.7. The second kappa shape index (κ2) is 11.4. The van der Waals surface area contributed by atoms with E-state index in [1.54, 1.807) is 0 Å². The van der Waals surface area contributed by atoms with E-state index in [9.17, 15) is 0 Å². The highest BCUT2D eigenvalue weighted by atomic mass is 15.1. The van der Waals surface area contributed by atoms with Gasteiger partial charge in [-0.15, -0.1) is 0 Å². The fourth-order valence-corrected chi connectivity index (χ4v) is 6.91. The van der Waals surface area contributed by atoms with Crippen molar-refractivity contribution < 1.29 is 0 Å². The smallest absolute Gasteiger partial charge is 0.145 e. The van der Waals surface area contributed by atoms with Crippen LogP contribution >= 0.6 is 0 Å². The van der Waals surface area contributed by atoms with Gasteiger partial charge >= 0.3 is 0 Å². The van der Waals surface area contributed by atoms with Crippen molar-refractivity contribution in [2.75, 3.05) is 4.90 Å². The average Bonchev–Trinajstić information content (AvgIpc) is 3.70. The summed E-state index contributed by atoms with van der Waals surface area (Å²) in [5.74, 6) is 0.924. The van der Waals surface area contributed by atoms with Crippen molar-refractivity contribution in [3.8, 4) is 22.8 Å². The van der Waals surface area contributed by atoms with E-state index in [1.165, 1.54) is 27.4 Å². The van der Waals surface area contributed by atoms with Crippen molar-refractivity contribution in [2.24, 2.45) is 0 Å². The van der Waals surface area contributed by atoms with Gasteiger partial charge in [0.05, 0.1) is 22.1 Å². The third-order valence-corrected chi connectivity index (χ3v) is 9.20. The largest absolute Gasteiger partial charge is 0.311 e. The molecule has 0 saturated heterocycles. The summed E-state index contributed by atoms with van der Waals surface area (Å²) < 4.78 is 4.61. The van der Waals surface area contributed by atoms with Gasteiger partial charge in [0.2, 0.25) is 0 Å². The van der Waals surface area contributed by atoms with E-state index in [-0.39, 0.29) is 0 Å². The van der Waals surface area contributed by atoms with E-state index in [2.05, 4.69) is 191 Å². The molecule has 0 bridgehead atoms. The van der Waals surface area contributed by atoms with Gasteiger partial charge in [0, 0.05) is 44.8 Å². The van der Waals surface area contributed by atoms with Crippen molar-refractivity contribution in [3.05, 3.63) is 181 Å². The highest BCUT2D eigenvalue weighted by Crippen LogP contribution is 2.38. The molecule has 7 aromatic carbocycles. The molecule has 0 N–H and O–H groups in total. The Hall–Kier alpha value is -6.39. The standard InChI is InChI=1S/C44H32N4/c1-31-19-23-37(24-20-31)48-43-18-10-7-15-40(43)45-44(48)32-21-25-34(26-22-32)46(33-11-3-2-4-12-33)35-27-29-36(30-28-35)47-41-16-8-5-13-38(41)39-14-6-9-17-42(39)47/h2-30H,1H3. The van der Waals surface area contributed by atoms with Gasteiger partial charge < -0.3 is 9.47 Å². The molecular weight excluding hydrogens is 585 g/mol. The molecule has 0 fully saturated rings. The van der Waals surface area contributed by atoms with Crippen molar-refractivity contribution in [1.82, 2.24) is 14.1 Å². The molecule has 2 heterocycles. The van der Waals surface area contributed by atoms with Crippen LogP contribution in [0.25, 0.3) is 55.6 Å². The fourth-order valence-electron chi connectivity index (χ4n) is 6.91. The quantitative estimate of drug-likeness (QED) is 0.186. The van der Waals surface area contributed by atoms with Crippen LogP contribution in [0, 0.1) is 6.92 Å². The molecule has 48 heavy (non-hydrogen) atoms. The number of imidazole rings is 1.